The van der Waals surface area contributed by atoms with Crippen molar-refractivity contribution in [3.05, 3.63) is 35.2 Å². The molecule has 3 rings (SSSR count). The summed E-state index contributed by atoms with van der Waals surface area (Å²) in [5.41, 5.74) is 2.20. The highest BCUT2D eigenvalue weighted by Crippen LogP contribution is 2.32. The molecule has 0 fully saturated rings. The number of thioether (sulfide) groups is 1. The van der Waals surface area contributed by atoms with Crippen molar-refractivity contribution in [3.8, 4) is 0 Å². The second-order valence-corrected chi connectivity index (χ2v) is 9.96. The lowest BCUT2D eigenvalue weighted by Crippen LogP contribution is -2.30. The molecule has 1 aliphatic heterocycles. The Morgan fingerprint density at radius 2 is 2.04 bits per heavy atom. The maximum absolute atomic E-state index is 12.6. The van der Waals surface area contributed by atoms with Crippen molar-refractivity contribution in [2.24, 2.45) is 7.05 Å². The van der Waals surface area contributed by atoms with E-state index in [2.05, 4.69) is 24.0 Å². The van der Waals surface area contributed by atoms with Gasteiger partial charge in [0.1, 0.15) is 5.82 Å². The molecule has 2 heterocycles. The number of carbonyl (C=O) groups is 1. The molecule has 2 aromatic rings. The van der Waals surface area contributed by atoms with E-state index >= 15 is 0 Å². The Balaban J connectivity index is 1.72. The number of nitrogens with zero attached hydrogens (tertiary/aromatic N) is 4. The third-order valence-corrected chi connectivity index (χ3v) is 7.47. The molecule has 0 unspecified atom stereocenters. The van der Waals surface area contributed by atoms with Crippen LogP contribution in [0.2, 0.25) is 0 Å². The minimum absolute atomic E-state index is 0.00584. The highest BCUT2D eigenvalue weighted by Gasteiger charge is 2.28. The van der Waals surface area contributed by atoms with Gasteiger partial charge in [-0.15, -0.1) is 10.2 Å². The summed E-state index contributed by atoms with van der Waals surface area (Å²) in [6, 6.07) is 5.27. The quantitative estimate of drug-likeness (QED) is 0.517. The third-order valence-electron chi connectivity index (χ3n) is 4.67. The van der Waals surface area contributed by atoms with Gasteiger partial charge >= 0.3 is 0 Å². The third kappa shape index (κ3) is 3.89. The summed E-state index contributed by atoms with van der Waals surface area (Å²) >= 11 is 1.36. The second-order valence-electron chi connectivity index (χ2n) is 6.83. The molecule has 9 heteroatoms. The first-order chi connectivity index (χ1) is 12.7. The molecule has 0 saturated carbocycles. The van der Waals surface area contributed by atoms with Crippen molar-refractivity contribution < 1.29 is 13.2 Å². The minimum Gasteiger partial charge on any atom is -0.309 e. The van der Waals surface area contributed by atoms with Gasteiger partial charge in [-0.3, -0.25) is 9.10 Å². The maximum Gasteiger partial charge on any atom is 0.234 e. The van der Waals surface area contributed by atoms with E-state index in [-0.39, 0.29) is 23.2 Å². The van der Waals surface area contributed by atoms with Crippen LogP contribution < -0.4 is 4.31 Å². The van der Waals surface area contributed by atoms with E-state index in [1.54, 1.807) is 19.1 Å². The molecule has 0 amide bonds. The summed E-state index contributed by atoms with van der Waals surface area (Å²) in [4.78, 5) is 12.6. The van der Waals surface area contributed by atoms with E-state index in [0.29, 0.717) is 29.4 Å². The summed E-state index contributed by atoms with van der Waals surface area (Å²) in [6.07, 6.45) is 0.629. The fourth-order valence-corrected chi connectivity index (χ4v) is 5.13. The second kappa shape index (κ2) is 7.63. The zero-order chi connectivity index (χ0) is 19.8. The van der Waals surface area contributed by atoms with Crippen molar-refractivity contribution >= 4 is 33.3 Å². The first kappa shape index (κ1) is 19.9. The number of carbonyl (C=O) groups excluding carboxylic acids is 1. The van der Waals surface area contributed by atoms with Crippen LogP contribution in [0, 0.1) is 0 Å². The predicted octanol–water partition coefficient (Wildman–Crippen LogP) is 2.63. The van der Waals surface area contributed by atoms with E-state index in [9.17, 15) is 13.2 Å². The zero-order valence-corrected chi connectivity index (χ0v) is 17.6. The lowest BCUT2D eigenvalue weighted by Gasteiger charge is -2.18. The number of sulfonamides is 1. The highest BCUT2D eigenvalue weighted by molar-refractivity contribution is 7.99. The molecule has 27 heavy (non-hydrogen) atoms. The lowest BCUT2D eigenvalue weighted by atomic mass is 10.1. The van der Waals surface area contributed by atoms with Gasteiger partial charge in [0, 0.05) is 25.1 Å². The van der Waals surface area contributed by atoms with Gasteiger partial charge in [0.15, 0.2) is 10.9 Å². The molecule has 0 atom stereocenters. The van der Waals surface area contributed by atoms with Crippen LogP contribution in [-0.2, 0) is 23.5 Å². The van der Waals surface area contributed by atoms with Crippen LogP contribution in [0.1, 0.15) is 48.4 Å². The Hall–Kier alpha value is -1.87. The van der Waals surface area contributed by atoms with E-state index in [4.69, 9.17) is 0 Å². The monoisotopic (exact) mass is 408 g/mol. The van der Waals surface area contributed by atoms with Crippen LogP contribution in [0.5, 0.6) is 0 Å². The van der Waals surface area contributed by atoms with Crippen LogP contribution in [-0.4, -0.2) is 47.0 Å². The molecule has 0 N–H and O–H groups in total. The Bertz CT molecular complexity index is 967. The molecule has 0 radical (unpaired) electrons. The van der Waals surface area contributed by atoms with Crippen molar-refractivity contribution in [1.29, 1.82) is 0 Å². The normalized spacial score (nSPS) is 14.0. The van der Waals surface area contributed by atoms with Crippen LogP contribution in [0.15, 0.2) is 23.4 Å². The average molecular weight is 409 g/mol. The molecule has 146 valence electrons. The van der Waals surface area contributed by atoms with Crippen molar-refractivity contribution in [2.75, 3.05) is 22.4 Å². The molecule has 0 spiro atoms. The van der Waals surface area contributed by atoms with Crippen molar-refractivity contribution in [2.45, 2.75) is 38.3 Å². The standard InChI is InChI=1S/C18H24N4O3S2/c1-5-27(24,25)22-9-8-13-10-14(6-7-15(13)22)16(23)11-26-18-20-19-17(12(2)3)21(18)4/h6-7,10,12H,5,8-9,11H2,1-4H3. The minimum atomic E-state index is -3.27. The van der Waals surface area contributed by atoms with E-state index in [1.165, 1.54) is 16.1 Å². The fourth-order valence-electron chi connectivity index (χ4n) is 3.16. The summed E-state index contributed by atoms with van der Waals surface area (Å²) in [6.45, 7) is 6.18. The Morgan fingerprint density at radius 1 is 1.30 bits per heavy atom. The number of anilines is 1. The van der Waals surface area contributed by atoms with E-state index in [1.807, 2.05) is 17.7 Å². The Labute approximate surface area is 164 Å². The van der Waals surface area contributed by atoms with Crippen molar-refractivity contribution in [3.63, 3.8) is 0 Å². The average Bonchev–Trinajstić information content (AvgIpc) is 3.23. The number of benzene rings is 1. The number of aromatic nitrogens is 3. The molecule has 0 saturated heterocycles. The van der Waals surface area contributed by atoms with Crippen LogP contribution >= 0.6 is 11.8 Å². The summed E-state index contributed by atoms with van der Waals surface area (Å²) in [5.74, 6) is 1.49. The fraction of sp³-hybridized carbons (Fsp3) is 0.500. The number of rotatable bonds is 7. The zero-order valence-electron chi connectivity index (χ0n) is 16.0. The van der Waals surface area contributed by atoms with Gasteiger partial charge in [-0.25, -0.2) is 8.42 Å². The number of Topliss-reactive ketones (excluding diaryl/α,β-unsaturated/α-hetero) is 1. The molecular weight excluding hydrogens is 384 g/mol. The van der Waals surface area contributed by atoms with E-state index in [0.717, 1.165) is 11.4 Å². The number of hydrogen-bond acceptors (Lipinski definition) is 6. The van der Waals surface area contributed by atoms with Gasteiger partial charge in [-0.2, -0.15) is 0 Å². The summed E-state index contributed by atoms with van der Waals surface area (Å²) in [7, 11) is -1.37. The lowest BCUT2D eigenvalue weighted by molar-refractivity contribution is 0.102. The van der Waals surface area contributed by atoms with Crippen LogP contribution in [0.3, 0.4) is 0 Å². The molecule has 1 aliphatic rings. The smallest absolute Gasteiger partial charge is 0.234 e. The predicted molar refractivity (Wildman–Crippen MR) is 107 cm³/mol. The molecule has 0 aliphatic carbocycles. The van der Waals surface area contributed by atoms with Gasteiger partial charge < -0.3 is 4.57 Å². The van der Waals surface area contributed by atoms with Gasteiger partial charge in [-0.1, -0.05) is 25.6 Å². The topological polar surface area (TPSA) is 85.2 Å². The van der Waals surface area contributed by atoms with E-state index < -0.39 is 10.0 Å². The first-order valence-electron chi connectivity index (χ1n) is 8.93. The van der Waals surface area contributed by atoms with Gasteiger partial charge in [-0.05, 0) is 37.1 Å². The molecular formula is C18H24N4O3S2. The molecule has 7 nitrogen and oxygen atoms in total. The Morgan fingerprint density at radius 3 is 2.67 bits per heavy atom. The number of hydrogen-bond donors (Lipinski definition) is 0. The summed E-state index contributed by atoms with van der Waals surface area (Å²) in [5, 5.41) is 9.04. The SMILES string of the molecule is CCS(=O)(=O)N1CCc2cc(C(=O)CSc3nnc(C(C)C)n3C)ccc21. The first-order valence-corrected chi connectivity index (χ1v) is 11.5. The van der Waals surface area contributed by atoms with Crippen LogP contribution in [0.4, 0.5) is 5.69 Å². The highest BCUT2D eigenvalue weighted by atomic mass is 32.2. The molecule has 0 bridgehead atoms. The van der Waals surface area contributed by atoms with Crippen LogP contribution in [0.25, 0.3) is 0 Å². The van der Waals surface area contributed by atoms with Gasteiger partial charge in [0.25, 0.3) is 0 Å². The molecule has 1 aromatic heterocycles. The summed E-state index contributed by atoms with van der Waals surface area (Å²) < 4.78 is 27.7. The van der Waals surface area contributed by atoms with Gasteiger partial charge in [0.05, 0.1) is 17.2 Å². The molecule has 1 aromatic carbocycles. The maximum atomic E-state index is 12.6. The van der Waals surface area contributed by atoms with Gasteiger partial charge in [0.2, 0.25) is 10.0 Å². The Kier molecular flexibility index (Phi) is 5.62. The van der Waals surface area contributed by atoms with Crippen molar-refractivity contribution in [1.82, 2.24) is 14.8 Å². The number of fused-ring (bicyclic) bond motifs is 1. The number of ketones is 1. The largest absolute Gasteiger partial charge is 0.309 e.